The molecule has 2 atom stereocenters. The molecule has 1 aromatic carbocycles. The van der Waals surface area contributed by atoms with Crippen LogP contribution < -0.4 is 0 Å². The van der Waals surface area contributed by atoms with Crippen molar-refractivity contribution in [1.29, 1.82) is 0 Å². The van der Waals surface area contributed by atoms with Gasteiger partial charge in [0, 0.05) is 24.9 Å². The van der Waals surface area contributed by atoms with E-state index in [1.165, 1.54) is 7.11 Å². The van der Waals surface area contributed by atoms with Crippen LogP contribution in [0, 0.1) is 10.1 Å². The van der Waals surface area contributed by atoms with Crippen LogP contribution in [-0.2, 0) is 9.53 Å². The second-order valence-electron chi connectivity index (χ2n) is 4.01. The summed E-state index contributed by atoms with van der Waals surface area (Å²) in [6.45, 7) is 1.63. The number of carbonyl (C=O) groups is 1. The lowest BCUT2D eigenvalue weighted by atomic mass is 9.99. The van der Waals surface area contributed by atoms with Gasteiger partial charge in [-0.1, -0.05) is 37.3 Å². The summed E-state index contributed by atoms with van der Waals surface area (Å²) in [6, 6.07) is 8.10. The number of carbonyl (C=O) groups excluding carboxylic acids is 1. The summed E-state index contributed by atoms with van der Waals surface area (Å²) in [5.74, 6) is -0.391. The van der Waals surface area contributed by atoms with E-state index in [-0.39, 0.29) is 12.8 Å². The second kappa shape index (κ2) is 6.86. The average Bonchev–Trinajstić information content (AvgIpc) is 2.37. The SMILES string of the molecule is CCC(C(=O)CC(OC)c1ccccc1)[N+](=O)[O-]. The van der Waals surface area contributed by atoms with Gasteiger partial charge in [0.1, 0.15) is 0 Å². The van der Waals surface area contributed by atoms with Crippen LogP contribution in [0.15, 0.2) is 30.3 Å². The number of benzene rings is 1. The van der Waals surface area contributed by atoms with Crippen molar-refractivity contribution < 1.29 is 14.5 Å². The van der Waals surface area contributed by atoms with Crippen molar-refractivity contribution in [1.82, 2.24) is 0 Å². The summed E-state index contributed by atoms with van der Waals surface area (Å²) in [7, 11) is 1.50. The van der Waals surface area contributed by atoms with Crippen molar-refractivity contribution in [2.45, 2.75) is 31.9 Å². The summed E-state index contributed by atoms with van der Waals surface area (Å²) in [6.07, 6.45) is -0.190. The molecule has 0 N–H and O–H groups in total. The Morgan fingerprint density at radius 1 is 1.39 bits per heavy atom. The molecule has 0 saturated heterocycles. The molecule has 1 aromatic rings. The number of rotatable bonds is 7. The van der Waals surface area contributed by atoms with E-state index in [1.807, 2.05) is 30.3 Å². The number of hydrogen-bond donors (Lipinski definition) is 0. The van der Waals surface area contributed by atoms with Gasteiger partial charge in [0.25, 0.3) is 6.04 Å². The number of ketones is 1. The predicted molar refractivity (Wildman–Crippen MR) is 66.9 cm³/mol. The Labute approximate surface area is 106 Å². The third kappa shape index (κ3) is 3.63. The topological polar surface area (TPSA) is 69.4 Å². The molecule has 98 valence electrons. The molecule has 0 fully saturated rings. The average molecular weight is 251 g/mol. The highest BCUT2D eigenvalue weighted by molar-refractivity contribution is 5.83. The minimum absolute atomic E-state index is 0.0278. The Morgan fingerprint density at radius 3 is 2.44 bits per heavy atom. The van der Waals surface area contributed by atoms with Crippen molar-refractivity contribution in [3.63, 3.8) is 0 Å². The maximum absolute atomic E-state index is 11.8. The summed E-state index contributed by atoms with van der Waals surface area (Å²) in [5.41, 5.74) is 0.853. The fraction of sp³-hybridized carbons (Fsp3) is 0.462. The largest absolute Gasteiger partial charge is 0.376 e. The molecule has 0 aliphatic rings. The molecule has 0 bridgehead atoms. The third-order valence-corrected chi connectivity index (χ3v) is 2.86. The lowest BCUT2D eigenvalue weighted by Crippen LogP contribution is -2.30. The fourth-order valence-corrected chi connectivity index (χ4v) is 1.82. The summed E-state index contributed by atoms with van der Waals surface area (Å²) < 4.78 is 5.24. The first-order valence-electron chi connectivity index (χ1n) is 5.84. The van der Waals surface area contributed by atoms with Crippen LogP contribution in [0.1, 0.15) is 31.4 Å². The van der Waals surface area contributed by atoms with E-state index in [1.54, 1.807) is 6.92 Å². The zero-order valence-corrected chi connectivity index (χ0v) is 10.5. The molecule has 2 unspecified atom stereocenters. The maximum Gasteiger partial charge on any atom is 0.270 e. The van der Waals surface area contributed by atoms with E-state index in [9.17, 15) is 14.9 Å². The molecule has 0 heterocycles. The monoisotopic (exact) mass is 251 g/mol. The van der Waals surface area contributed by atoms with E-state index in [0.29, 0.717) is 0 Å². The van der Waals surface area contributed by atoms with Crippen LogP contribution in [0.3, 0.4) is 0 Å². The van der Waals surface area contributed by atoms with Crippen LogP contribution in [0.5, 0.6) is 0 Å². The molecule has 1 rings (SSSR count). The van der Waals surface area contributed by atoms with Crippen molar-refractivity contribution >= 4 is 5.78 Å². The molecule has 0 spiro atoms. The van der Waals surface area contributed by atoms with Crippen LogP contribution in [0.25, 0.3) is 0 Å². The van der Waals surface area contributed by atoms with Gasteiger partial charge >= 0.3 is 0 Å². The number of nitrogens with zero attached hydrogens (tertiary/aromatic N) is 1. The lowest BCUT2D eigenvalue weighted by molar-refractivity contribution is -0.507. The van der Waals surface area contributed by atoms with Crippen LogP contribution in [0.4, 0.5) is 0 Å². The Bertz CT molecular complexity index is 405. The van der Waals surface area contributed by atoms with Gasteiger partial charge in [-0.2, -0.15) is 0 Å². The smallest absolute Gasteiger partial charge is 0.270 e. The molecule has 0 radical (unpaired) electrons. The van der Waals surface area contributed by atoms with Gasteiger partial charge < -0.3 is 4.74 Å². The number of hydrogen-bond acceptors (Lipinski definition) is 4. The minimum atomic E-state index is -1.13. The molecule has 0 aliphatic heterocycles. The molecule has 18 heavy (non-hydrogen) atoms. The zero-order chi connectivity index (χ0) is 13.5. The van der Waals surface area contributed by atoms with Crippen molar-refractivity contribution in [2.75, 3.05) is 7.11 Å². The highest BCUT2D eigenvalue weighted by Crippen LogP contribution is 2.21. The van der Waals surface area contributed by atoms with Crippen molar-refractivity contribution in [2.24, 2.45) is 0 Å². The Kier molecular flexibility index (Phi) is 5.45. The number of Topliss-reactive ketones (excluding diaryl/α,β-unsaturated/α-hetero) is 1. The van der Waals surface area contributed by atoms with Gasteiger partial charge in [0.2, 0.25) is 5.78 Å². The molecular formula is C13H17NO4. The van der Waals surface area contributed by atoms with E-state index in [4.69, 9.17) is 4.74 Å². The van der Waals surface area contributed by atoms with Gasteiger partial charge in [-0.05, 0) is 5.56 Å². The highest BCUT2D eigenvalue weighted by Gasteiger charge is 2.29. The van der Waals surface area contributed by atoms with Crippen LogP contribution in [-0.4, -0.2) is 23.9 Å². The second-order valence-corrected chi connectivity index (χ2v) is 4.01. The lowest BCUT2D eigenvalue weighted by Gasteiger charge is -2.15. The molecule has 0 amide bonds. The summed E-state index contributed by atoms with van der Waals surface area (Å²) in [4.78, 5) is 22.0. The molecule has 0 aromatic heterocycles. The first-order valence-corrected chi connectivity index (χ1v) is 5.84. The Morgan fingerprint density at radius 2 is 2.00 bits per heavy atom. The first kappa shape index (κ1) is 14.3. The zero-order valence-electron chi connectivity index (χ0n) is 10.5. The standard InChI is InChI=1S/C13H17NO4/c1-3-11(14(16)17)12(15)9-13(18-2)10-7-5-4-6-8-10/h4-8,11,13H,3,9H2,1-2H3. The minimum Gasteiger partial charge on any atom is -0.376 e. The Balaban J connectivity index is 2.75. The normalized spacial score (nSPS) is 13.9. The number of ether oxygens (including phenoxy) is 1. The van der Waals surface area contributed by atoms with Gasteiger partial charge in [-0.3, -0.25) is 14.9 Å². The first-order chi connectivity index (χ1) is 8.60. The van der Waals surface area contributed by atoms with Crippen molar-refractivity contribution in [3.05, 3.63) is 46.0 Å². The summed E-state index contributed by atoms with van der Waals surface area (Å²) in [5, 5.41) is 10.7. The fourth-order valence-electron chi connectivity index (χ4n) is 1.82. The van der Waals surface area contributed by atoms with Crippen molar-refractivity contribution in [3.8, 4) is 0 Å². The third-order valence-electron chi connectivity index (χ3n) is 2.86. The number of methoxy groups -OCH3 is 1. The van der Waals surface area contributed by atoms with Gasteiger partial charge in [-0.15, -0.1) is 0 Å². The van der Waals surface area contributed by atoms with E-state index in [0.717, 1.165) is 5.56 Å². The molecule has 0 saturated carbocycles. The van der Waals surface area contributed by atoms with Gasteiger partial charge in [-0.25, -0.2) is 0 Å². The maximum atomic E-state index is 11.8. The Hall–Kier alpha value is -1.75. The quantitative estimate of drug-likeness (QED) is 0.551. The van der Waals surface area contributed by atoms with E-state index < -0.39 is 22.9 Å². The summed E-state index contributed by atoms with van der Waals surface area (Å²) >= 11 is 0. The van der Waals surface area contributed by atoms with Gasteiger partial charge in [0.15, 0.2) is 0 Å². The molecule has 0 aliphatic carbocycles. The number of nitro groups is 1. The molecular weight excluding hydrogens is 234 g/mol. The molecule has 5 nitrogen and oxygen atoms in total. The highest BCUT2D eigenvalue weighted by atomic mass is 16.6. The molecule has 5 heteroatoms. The predicted octanol–water partition coefficient (Wildman–Crippen LogP) is 2.39. The van der Waals surface area contributed by atoms with Crippen LogP contribution >= 0.6 is 0 Å². The van der Waals surface area contributed by atoms with Gasteiger partial charge in [0.05, 0.1) is 6.10 Å². The van der Waals surface area contributed by atoms with Crippen LogP contribution in [0.2, 0.25) is 0 Å². The van der Waals surface area contributed by atoms with E-state index >= 15 is 0 Å². The van der Waals surface area contributed by atoms with E-state index in [2.05, 4.69) is 0 Å².